The van der Waals surface area contributed by atoms with Crippen molar-refractivity contribution in [1.82, 2.24) is 9.97 Å². The molecule has 5 rings (SSSR count). The molecule has 0 spiro atoms. The molecule has 2 aromatic heterocycles. The second-order valence-electron chi connectivity index (χ2n) is 7.94. The molecule has 0 atom stereocenters. The molecule has 32 heavy (non-hydrogen) atoms. The van der Waals surface area contributed by atoms with Crippen molar-refractivity contribution in [2.24, 2.45) is 0 Å². The summed E-state index contributed by atoms with van der Waals surface area (Å²) in [6.07, 6.45) is 0. The molecule has 4 heteroatoms. The molecule has 0 amide bonds. The van der Waals surface area contributed by atoms with Crippen LogP contribution in [-0.2, 0) is 0 Å². The number of hydrogen-bond donors (Lipinski definition) is 0. The molecule has 3 aromatic carbocycles. The Morgan fingerprint density at radius 2 is 0.906 bits per heavy atom. The van der Waals surface area contributed by atoms with Crippen LogP contribution in [0.15, 0.2) is 72.8 Å². The highest BCUT2D eigenvalue weighted by Crippen LogP contribution is 2.37. The highest BCUT2D eigenvalue weighted by Gasteiger charge is 2.14. The van der Waals surface area contributed by atoms with Gasteiger partial charge in [-0.3, -0.25) is 9.97 Å². The number of methoxy groups -OCH3 is 2. The number of nitrogens with zero attached hydrogens (tertiary/aromatic N) is 2. The van der Waals surface area contributed by atoms with Gasteiger partial charge in [-0.2, -0.15) is 0 Å². The van der Waals surface area contributed by atoms with E-state index in [0.29, 0.717) is 0 Å². The molecule has 0 saturated heterocycles. The van der Waals surface area contributed by atoms with Crippen LogP contribution in [0.2, 0.25) is 0 Å². The Kier molecular flexibility index (Phi) is 4.98. The summed E-state index contributed by atoms with van der Waals surface area (Å²) in [6.45, 7) is 4.07. The molecule has 0 aliphatic rings. The van der Waals surface area contributed by atoms with Crippen LogP contribution >= 0.6 is 0 Å². The maximum absolute atomic E-state index is 5.33. The van der Waals surface area contributed by atoms with E-state index in [4.69, 9.17) is 19.4 Å². The lowest BCUT2D eigenvalue weighted by atomic mass is 9.95. The molecular weight excluding hydrogens is 396 g/mol. The Hall–Kier alpha value is -3.92. The summed E-state index contributed by atoms with van der Waals surface area (Å²) < 4.78 is 10.7. The Balaban J connectivity index is 1.77. The fraction of sp³-hybridized carbons (Fsp3) is 0.143. The molecule has 0 aliphatic carbocycles. The second-order valence-corrected chi connectivity index (χ2v) is 7.94. The standard InChI is InChI=1S/C28H24N2O2/c1-17-15-25(19-5-9-21(31-3)10-6-19)23-13-14-24-26(20-7-11-22(32-4)12-8-20)16-18(2)30-28(24)27(23)29-17/h5-16H,1-4H3. The van der Waals surface area contributed by atoms with Crippen LogP contribution in [0.5, 0.6) is 11.5 Å². The van der Waals surface area contributed by atoms with Crippen molar-refractivity contribution in [3.8, 4) is 33.8 Å². The van der Waals surface area contributed by atoms with Crippen LogP contribution in [0.4, 0.5) is 0 Å². The van der Waals surface area contributed by atoms with E-state index >= 15 is 0 Å². The van der Waals surface area contributed by atoms with E-state index in [0.717, 1.165) is 66.9 Å². The van der Waals surface area contributed by atoms with E-state index in [-0.39, 0.29) is 0 Å². The predicted octanol–water partition coefficient (Wildman–Crippen LogP) is 6.75. The van der Waals surface area contributed by atoms with Gasteiger partial charge in [0.25, 0.3) is 0 Å². The van der Waals surface area contributed by atoms with Crippen LogP contribution in [0, 0.1) is 13.8 Å². The number of pyridine rings is 2. The third-order valence-corrected chi connectivity index (χ3v) is 5.82. The molecule has 0 N–H and O–H groups in total. The number of benzene rings is 3. The van der Waals surface area contributed by atoms with Crippen LogP contribution in [-0.4, -0.2) is 24.2 Å². The predicted molar refractivity (Wildman–Crippen MR) is 130 cm³/mol. The van der Waals surface area contributed by atoms with Gasteiger partial charge in [-0.1, -0.05) is 36.4 Å². The molecule has 0 aliphatic heterocycles. The van der Waals surface area contributed by atoms with Crippen LogP contribution in [0.1, 0.15) is 11.4 Å². The smallest absolute Gasteiger partial charge is 0.118 e. The summed E-state index contributed by atoms with van der Waals surface area (Å²) in [6, 6.07) is 24.9. The maximum Gasteiger partial charge on any atom is 0.118 e. The van der Waals surface area contributed by atoms with Crippen LogP contribution in [0.25, 0.3) is 44.1 Å². The van der Waals surface area contributed by atoms with Crippen LogP contribution < -0.4 is 9.47 Å². The number of aryl methyl sites for hydroxylation is 2. The lowest BCUT2D eigenvalue weighted by Crippen LogP contribution is -1.95. The Bertz CT molecular complexity index is 1330. The van der Waals surface area contributed by atoms with Crippen LogP contribution in [0.3, 0.4) is 0 Å². The average molecular weight is 421 g/mol. The zero-order chi connectivity index (χ0) is 22.2. The third kappa shape index (κ3) is 3.44. The first-order valence-corrected chi connectivity index (χ1v) is 10.6. The summed E-state index contributed by atoms with van der Waals surface area (Å²) >= 11 is 0. The molecule has 158 valence electrons. The molecule has 0 bridgehead atoms. The summed E-state index contributed by atoms with van der Waals surface area (Å²) in [5, 5.41) is 2.18. The lowest BCUT2D eigenvalue weighted by Gasteiger charge is -2.14. The maximum atomic E-state index is 5.33. The Morgan fingerprint density at radius 3 is 1.25 bits per heavy atom. The van der Waals surface area contributed by atoms with E-state index < -0.39 is 0 Å². The van der Waals surface area contributed by atoms with E-state index in [1.165, 1.54) is 0 Å². The molecule has 4 nitrogen and oxygen atoms in total. The fourth-order valence-electron chi connectivity index (χ4n) is 4.25. The average Bonchev–Trinajstić information content (AvgIpc) is 2.83. The van der Waals surface area contributed by atoms with Gasteiger partial charge in [-0.15, -0.1) is 0 Å². The van der Waals surface area contributed by atoms with Gasteiger partial charge in [0.2, 0.25) is 0 Å². The first-order valence-electron chi connectivity index (χ1n) is 10.6. The van der Waals surface area contributed by atoms with E-state index in [1.807, 2.05) is 38.1 Å². The molecule has 0 radical (unpaired) electrons. The van der Waals surface area contributed by atoms with Crippen molar-refractivity contribution in [1.29, 1.82) is 0 Å². The van der Waals surface area contributed by atoms with E-state index in [2.05, 4.69) is 48.5 Å². The van der Waals surface area contributed by atoms with E-state index in [9.17, 15) is 0 Å². The summed E-state index contributed by atoms with van der Waals surface area (Å²) in [7, 11) is 3.36. The van der Waals surface area contributed by atoms with Crippen molar-refractivity contribution < 1.29 is 9.47 Å². The summed E-state index contributed by atoms with van der Waals surface area (Å²) in [4.78, 5) is 9.84. The van der Waals surface area contributed by atoms with Gasteiger partial charge in [-0.05, 0) is 72.5 Å². The Morgan fingerprint density at radius 1 is 0.531 bits per heavy atom. The highest BCUT2D eigenvalue weighted by atomic mass is 16.5. The van der Waals surface area contributed by atoms with Crippen molar-refractivity contribution in [2.45, 2.75) is 13.8 Å². The minimum Gasteiger partial charge on any atom is -0.497 e. The minimum absolute atomic E-state index is 0.843. The number of rotatable bonds is 4. The van der Waals surface area contributed by atoms with E-state index in [1.54, 1.807) is 14.2 Å². The highest BCUT2D eigenvalue weighted by molar-refractivity contribution is 6.12. The van der Waals surface area contributed by atoms with Crippen molar-refractivity contribution in [2.75, 3.05) is 14.2 Å². The quantitative estimate of drug-likeness (QED) is 0.302. The third-order valence-electron chi connectivity index (χ3n) is 5.82. The molecule has 0 saturated carbocycles. The number of hydrogen-bond acceptors (Lipinski definition) is 4. The number of fused-ring (bicyclic) bond motifs is 3. The molecule has 0 unspecified atom stereocenters. The molecule has 2 heterocycles. The molecule has 5 aromatic rings. The van der Waals surface area contributed by atoms with Gasteiger partial charge in [-0.25, -0.2) is 0 Å². The first kappa shape index (κ1) is 20.0. The molecular formula is C28H24N2O2. The van der Waals surface area contributed by atoms with Gasteiger partial charge >= 0.3 is 0 Å². The van der Waals surface area contributed by atoms with Gasteiger partial charge in [0.05, 0.1) is 25.3 Å². The van der Waals surface area contributed by atoms with Gasteiger partial charge < -0.3 is 9.47 Å². The lowest BCUT2D eigenvalue weighted by molar-refractivity contribution is 0.415. The van der Waals surface area contributed by atoms with Gasteiger partial charge in [0.1, 0.15) is 11.5 Å². The van der Waals surface area contributed by atoms with Crippen molar-refractivity contribution in [3.63, 3.8) is 0 Å². The number of ether oxygens (including phenoxy) is 2. The molecule has 0 fully saturated rings. The minimum atomic E-state index is 0.843. The Labute approximate surface area is 187 Å². The van der Waals surface area contributed by atoms with Crippen molar-refractivity contribution >= 4 is 21.8 Å². The summed E-state index contributed by atoms with van der Waals surface area (Å²) in [5.74, 6) is 1.69. The number of aromatic nitrogens is 2. The topological polar surface area (TPSA) is 44.2 Å². The normalized spacial score (nSPS) is 11.1. The SMILES string of the molecule is COc1ccc(-c2cc(C)nc3c2ccc2c(-c4ccc(OC)cc4)cc(C)nc23)cc1. The summed E-state index contributed by atoms with van der Waals surface area (Å²) in [5.41, 5.74) is 8.32. The van der Waals surface area contributed by atoms with Crippen molar-refractivity contribution in [3.05, 3.63) is 84.2 Å². The van der Waals surface area contributed by atoms with Gasteiger partial charge in [0.15, 0.2) is 0 Å². The largest absolute Gasteiger partial charge is 0.497 e. The monoisotopic (exact) mass is 420 g/mol. The zero-order valence-corrected chi connectivity index (χ0v) is 18.6. The fourth-order valence-corrected chi connectivity index (χ4v) is 4.25. The second kappa shape index (κ2) is 7.97. The van der Waals surface area contributed by atoms with Gasteiger partial charge in [0, 0.05) is 22.2 Å². The zero-order valence-electron chi connectivity index (χ0n) is 18.6. The first-order chi connectivity index (χ1) is 15.6.